The van der Waals surface area contributed by atoms with Crippen LogP contribution >= 0.6 is 12.4 Å². The minimum absolute atomic E-state index is 0. The van der Waals surface area contributed by atoms with Crippen LogP contribution in [0, 0.1) is 11.3 Å². The molecule has 0 bridgehead atoms. The Morgan fingerprint density at radius 1 is 1.17 bits per heavy atom. The summed E-state index contributed by atoms with van der Waals surface area (Å²) < 4.78 is 16.4. The van der Waals surface area contributed by atoms with Crippen LogP contribution in [-0.4, -0.2) is 39.3 Å². The second-order valence-corrected chi connectivity index (χ2v) is 8.28. The highest BCUT2D eigenvalue weighted by Gasteiger charge is 2.20. The Kier molecular flexibility index (Phi) is 9.00. The lowest BCUT2D eigenvalue weighted by molar-refractivity contribution is -0.150. The number of rotatable bonds is 9. The van der Waals surface area contributed by atoms with Crippen molar-refractivity contribution in [2.24, 2.45) is 5.73 Å². The number of carbonyl (C=O) groups excluding carboxylic acids is 1. The van der Waals surface area contributed by atoms with Crippen LogP contribution in [0.2, 0.25) is 0 Å². The molecule has 1 saturated carbocycles. The highest BCUT2D eigenvalue weighted by atomic mass is 35.5. The minimum Gasteiger partial charge on any atom is -0.489 e. The number of aromatic nitrogens is 2. The number of carboxylic acids is 1. The van der Waals surface area contributed by atoms with Gasteiger partial charge >= 0.3 is 11.9 Å². The van der Waals surface area contributed by atoms with E-state index in [0.717, 1.165) is 25.7 Å². The van der Waals surface area contributed by atoms with Gasteiger partial charge in [-0.1, -0.05) is 29.4 Å². The van der Waals surface area contributed by atoms with Crippen molar-refractivity contribution in [3.63, 3.8) is 0 Å². The van der Waals surface area contributed by atoms with Crippen LogP contribution in [-0.2, 0) is 20.9 Å². The summed E-state index contributed by atoms with van der Waals surface area (Å²) in [6.45, 7) is -0.0455. The number of carbonyl (C=O) groups is 2. The number of nitrogens with two attached hydrogens (primary N) is 1. The summed E-state index contributed by atoms with van der Waals surface area (Å²) in [5, 5.41) is 22.3. The molecule has 1 atom stereocenters. The van der Waals surface area contributed by atoms with Gasteiger partial charge in [0.25, 0.3) is 5.89 Å². The molecule has 3 N–H and O–H groups in total. The van der Waals surface area contributed by atoms with Crippen molar-refractivity contribution in [2.45, 2.75) is 50.9 Å². The van der Waals surface area contributed by atoms with Crippen molar-refractivity contribution in [3.05, 3.63) is 53.6 Å². The molecule has 1 aliphatic carbocycles. The molecule has 36 heavy (non-hydrogen) atoms. The molecule has 188 valence electrons. The van der Waals surface area contributed by atoms with Crippen LogP contribution < -0.4 is 10.5 Å². The third-order valence-electron chi connectivity index (χ3n) is 5.66. The largest absolute Gasteiger partial charge is 0.489 e. The van der Waals surface area contributed by atoms with E-state index in [1.807, 2.05) is 0 Å². The van der Waals surface area contributed by atoms with Gasteiger partial charge in [0.05, 0.1) is 18.1 Å². The normalized spacial score (nSPS) is 13.9. The molecular formula is C25H25ClN4O6. The third kappa shape index (κ3) is 6.59. The van der Waals surface area contributed by atoms with Gasteiger partial charge in [-0.3, -0.25) is 9.59 Å². The lowest BCUT2D eigenvalue weighted by Crippen LogP contribution is -2.34. The molecule has 1 aromatic heterocycles. The van der Waals surface area contributed by atoms with Crippen molar-refractivity contribution in [3.8, 4) is 34.7 Å². The summed E-state index contributed by atoms with van der Waals surface area (Å²) in [6, 6.07) is 13.1. The number of halogens is 1. The Hall–Kier alpha value is -3.94. The number of nitrogens with zero attached hydrogens (tertiary/aromatic N) is 3. The maximum atomic E-state index is 11.8. The van der Waals surface area contributed by atoms with Crippen LogP contribution in [0.15, 0.2) is 47.0 Å². The summed E-state index contributed by atoms with van der Waals surface area (Å²) in [5.41, 5.74) is 7.88. The van der Waals surface area contributed by atoms with Crippen molar-refractivity contribution < 1.29 is 28.7 Å². The first-order valence-corrected chi connectivity index (χ1v) is 11.2. The van der Waals surface area contributed by atoms with Gasteiger partial charge in [0.15, 0.2) is 0 Å². The summed E-state index contributed by atoms with van der Waals surface area (Å²) in [6.07, 6.45) is 3.93. The van der Waals surface area contributed by atoms with Crippen LogP contribution in [0.3, 0.4) is 0 Å². The monoisotopic (exact) mass is 512 g/mol. The number of carboxylic acid groups (broad SMARTS) is 1. The van der Waals surface area contributed by atoms with Crippen LogP contribution in [0.1, 0.15) is 43.2 Å². The van der Waals surface area contributed by atoms with Gasteiger partial charge in [0.2, 0.25) is 5.82 Å². The Morgan fingerprint density at radius 2 is 1.86 bits per heavy atom. The van der Waals surface area contributed by atoms with Crippen molar-refractivity contribution in [2.75, 3.05) is 0 Å². The smallest absolute Gasteiger partial charge is 0.323 e. The van der Waals surface area contributed by atoms with Gasteiger partial charge in [-0.25, -0.2) is 0 Å². The molecule has 0 aliphatic heterocycles. The predicted molar refractivity (Wildman–Crippen MR) is 130 cm³/mol. The minimum atomic E-state index is -1.21. The molecule has 1 aliphatic rings. The summed E-state index contributed by atoms with van der Waals surface area (Å²) in [4.78, 5) is 26.8. The average Bonchev–Trinajstić information content (AvgIpc) is 3.55. The van der Waals surface area contributed by atoms with Crippen molar-refractivity contribution in [1.29, 1.82) is 5.26 Å². The second kappa shape index (κ2) is 12.2. The first-order chi connectivity index (χ1) is 16.9. The first kappa shape index (κ1) is 26.7. The van der Waals surface area contributed by atoms with Gasteiger partial charge in [-0.05, 0) is 49.4 Å². The zero-order valence-electron chi connectivity index (χ0n) is 19.3. The summed E-state index contributed by atoms with van der Waals surface area (Å²) >= 11 is 0. The SMILES string of the molecule is Cl.N#Cc1cc(-c2nc(-c3ccc(COC(=O)[C@@H](N)CC(=O)O)cc3)no2)ccc1OC1CCCC1. The zero-order chi connectivity index (χ0) is 24.8. The number of benzene rings is 2. The van der Waals surface area contributed by atoms with Crippen molar-refractivity contribution in [1.82, 2.24) is 10.1 Å². The standard InChI is InChI=1S/C25H24N4O6.ClH/c26-13-18-11-17(9-10-21(18)34-19-3-1-2-4-19)24-28-23(29-35-24)16-7-5-15(6-8-16)14-33-25(32)20(27)12-22(30)31;/h5-11,19-20H,1-4,12,14,27H2,(H,30,31);1H/t20-;/m0./s1. The Balaban J connectivity index is 0.00000361. The number of ether oxygens (including phenoxy) is 2. The summed E-state index contributed by atoms with van der Waals surface area (Å²) in [5.74, 6) is -0.764. The molecule has 0 unspecified atom stereocenters. The van der Waals surface area contributed by atoms with E-state index < -0.39 is 24.4 Å². The van der Waals surface area contributed by atoms with Gasteiger partial charge in [0.1, 0.15) is 24.5 Å². The Morgan fingerprint density at radius 3 is 2.53 bits per heavy atom. The van der Waals surface area contributed by atoms with E-state index in [9.17, 15) is 14.9 Å². The third-order valence-corrected chi connectivity index (χ3v) is 5.66. The van der Waals surface area contributed by atoms with Crippen LogP contribution in [0.5, 0.6) is 5.75 Å². The molecular weight excluding hydrogens is 488 g/mol. The maximum Gasteiger partial charge on any atom is 0.323 e. The maximum absolute atomic E-state index is 11.8. The van der Waals surface area contributed by atoms with Gasteiger partial charge in [-0.2, -0.15) is 10.2 Å². The van der Waals surface area contributed by atoms with Gasteiger partial charge in [0, 0.05) is 11.1 Å². The Labute approximate surface area is 213 Å². The quantitative estimate of drug-likeness (QED) is 0.402. The molecule has 2 aromatic carbocycles. The van der Waals surface area contributed by atoms with Crippen molar-refractivity contribution >= 4 is 24.3 Å². The molecule has 0 spiro atoms. The van der Waals surface area contributed by atoms with E-state index in [-0.39, 0.29) is 31.0 Å². The topological polar surface area (TPSA) is 162 Å². The van der Waals surface area contributed by atoms with Crippen LogP contribution in [0.4, 0.5) is 0 Å². The van der Waals surface area contributed by atoms with E-state index in [1.165, 1.54) is 0 Å². The summed E-state index contributed by atoms with van der Waals surface area (Å²) in [7, 11) is 0. The lowest BCUT2D eigenvalue weighted by Gasteiger charge is -2.14. The van der Waals surface area contributed by atoms with E-state index in [4.69, 9.17) is 24.8 Å². The molecule has 1 fully saturated rings. The molecule has 4 rings (SSSR count). The van der Waals surface area contributed by atoms with Crippen LogP contribution in [0.25, 0.3) is 22.8 Å². The number of hydrogen-bond donors (Lipinski definition) is 2. The van der Waals surface area contributed by atoms with E-state index >= 15 is 0 Å². The molecule has 10 nitrogen and oxygen atoms in total. The Bertz CT molecular complexity index is 1250. The highest BCUT2D eigenvalue weighted by molar-refractivity contribution is 5.85. The fourth-order valence-corrected chi connectivity index (χ4v) is 3.78. The van der Waals surface area contributed by atoms with E-state index in [1.54, 1.807) is 42.5 Å². The lowest BCUT2D eigenvalue weighted by atomic mass is 10.1. The highest BCUT2D eigenvalue weighted by Crippen LogP contribution is 2.30. The van der Waals surface area contributed by atoms with Gasteiger partial charge < -0.3 is 24.8 Å². The molecule has 11 heteroatoms. The number of esters is 1. The number of aliphatic carboxylic acids is 1. The fourth-order valence-electron chi connectivity index (χ4n) is 3.78. The number of nitriles is 1. The molecule has 3 aromatic rings. The second-order valence-electron chi connectivity index (χ2n) is 8.28. The van der Waals surface area contributed by atoms with Gasteiger partial charge in [-0.15, -0.1) is 12.4 Å². The molecule has 1 heterocycles. The van der Waals surface area contributed by atoms with E-state index in [0.29, 0.717) is 33.8 Å². The number of hydrogen-bond acceptors (Lipinski definition) is 9. The molecule has 0 amide bonds. The molecule has 0 saturated heterocycles. The molecule has 0 radical (unpaired) electrons. The van der Waals surface area contributed by atoms with E-state index in [2.05, 4.69) is 16.2 Å². The predicted octanol–water partition coefficient (Wildman–Crippen LogP) is 3.86. The zero-order valence-corrected chi connectivity index (χ0v) is 20.1. The fraction of sp³-hybridized carbons (Fsp3) is 0.320. The first-order valence-electron chi connectivity index (χ1n) is 11.2. The average molecular weight is 513 g/mol.